The van der Waals surface area contributed by atoms with E-state index in [4.69, 9.17) is 9.72 Å². The number of hydrogen-bond donors (Lipinski definition) is 2. The van der Waals surface area contributed by atoms with Crippen LogP contribution >= 0.6 is 0 Å². The van der Waals surface area contributed by atoms with Crippen LogP contribution in [-0.2, 0) is 0 Å². The number of rotatable bonds is 5. The Morgan fingerprint density at radius 1 is 1.08 bits per heavy atom. The van der Waals surface area contributed by atoms with Crippen molar-refractivity contribution in [1.29, 1.82) is 0 Å². The molecule has 8 nitrogen and oxygen atoms in total. The van der Waals surface area contributed by atoms with Crippen LogP contribution in [0.15, 0.2) is 36.8 Å². The molecule has 5 heterocycles. The average molecular weight is 520 g/mol. The van der Waals surface area contributed by atoms with Crippen LogP contribution in [0.1, 0.15) is 38.2 Å². The normalized spacial score (nSPS) is 16.6. The lowest BCUT2D eigenvalue weighted by molar-refractivity contribution is 0.256. The Morgan fingerprint density at radius 2 is 1.89 bits per heavy atom. The predicted octanol–water partition coefficient (Wildman–Crippen LogP) is 5.46. The second kappa shape index (κ2) is 9.83. The third-order valence-corrected chi connectivity index (χ3v) is 7.57. The van der Waals surface area contributed by atoms with Gasteiger partial charge in [-0.15, -0.1) is 0 Å². The lowest BCUT2D eigenvalue weighted by atomic mass is 9.89. The molecule has 0 saturated carbocycles. The van der Waals surface area contributed by atoms with Crippen LogP contribution in [0.4, 0.5) is 26.2 Å². The summed E-state index contributed by atoms with van der Waals surface area (Å²) in [7, 11) is 2.15. The molecule has 0 aliphatic carbocycles. The van der Waals surface area contributed by atoms with Crippen molar-refractivity contribution in [2.75, 3.05) is 43.5 Å². The number of fused-ring (bicyclic) bond motifs is 2. The van der Waals surface area contributed by atoms with E-state index in [2.05, 4.69) is 32.2 Å². The van der Waals surface area contributed by atoms with Crippen molar-refractivity contribution >= 4 is 28.4 Å². The van der Waals surface area contributed by atoms with Gasteiger partial charge < -0.3 is 24.8 Å². The Hall–Kier alpha value is -3.79. The quantitative estimate of drug-likeness (QED) is 0.362. The first-order valence-corrected chi connectivity index (χ1v) is 13.1. The number of nitrogens with zero attached hydrogens (tertiary/aromatic N) is 5. The summed E-state index contributed by atoms with van der Waals surface area (Å²) in [5, 5.41) is 4.07. The van der Waals surface area contributed by atoms with E-state index in [1.54, 1.807) is 6.07 Å². The van der Waals surface area contributed by atoms with Crippen LogP contribution in [0, 0.1) is 11.6 Å². The van der Waals surface area contributed by atoms with E-state index in [1.807, 2.05) is 37.2 Å². The summed E-state index contributed by atoms with van der Waals surface area (Å²) in [6.07, 6.45) is 7.06. The number of piperidine rings is 1. The van der Waals surface area contributed by atoms with E-state index in [-0.39, 0.29) is 23.4 Å². The number of aromatic amines is 1. The standard InChI is InChI=1S/C28H31F2N7O/c1-16(2)37-10-11-38-26-21(29)12-18(13-23(26)37)24-22(30)15-33-28(34-24)35-27-19-4-7-31-25(19)20(14-32-27)17-5-8-36(3)9-6-17/h4,7,12-17,31H,5-6,8-11H2,1-3H3,(H,32,33,34,35). The van der Waals surface area contributed by atoms with E-state index >= 15 is 4.39 Å². The molecule has 2 aliphatic heterocycles. The number of aromatic nitrogens is 4. The highest BCUT2D eigenvalue weighted by atomic mass is 19.1. The Balaban J connectivity index is 1.33. The van der Waals surface area contributed by atoms with Gasteiger partial charge >= 0.3 is 0 Å². The van der Waals surface area contributed by atoms with Crippen molar-refractivity contribution in [2.45, 2.75) is 38.6 Å². The summed E-state index contributed by atoms with van der Waals surface area (Å²) < 4.78 is 35.6. The van der Waals surface area contributed by atoms with Gasteiger partial charge in [0.15, 0.2) is 17.4 Å². The van der Waals surface area contributed by atoms with Gasteiger partial charge in [0.05, 0.1) is 23.9 Å². The smallest absolute Gasteiger partial charge is 0.229 e. The minimum atomic E-state index is -0.639. The number of ether oxygens (including phenoxy) is 1. The molecule has 6 rings (SSSR count). The summed E-state index contributed by atoms with van der Waals surface area (Å²) >= 11 is 0. The first-order chi connectivity index (χ1) is 18.4. The average Bonchev–Trinajstić information content (AvgIpc) is 3.41. The number of H-pyrrole nitrogens is 1. The molecule has 10 heteroatoms. The number of benzene rings is 1. The third kappa shape index (κ3) is 4.42. The van der Waals surface area contributed by atoms with Gasteiger partial charge in [-0.05, 0) is 76.5 Å². The Bertz CT molecular complexity index is 1480. The minimum Gasteiger partial charge on any atom is -0.486 e. The molecule has 38 heavy (non-hydrogen) atoms. The molecule has 1 saturated heterocycles. The molecule has 2 N–H and O–H groups in total. The molecule has 0 amide bonds. The van der Waals surface area contributed by atoms with Crippen molar-refractivity contribution < 1.29 is 13.5 Å². The molecular formula is C28H31F2N7O. The largest absolute Gasteiger partial charge is 0.486 e. The molecule has 1 aromatic carbocycles. The second-order valence-corrected chi connectivity index (χ2v) is 10.4. The Labute approximate surface area is 220 Å². The molecule has 0 atom stereocenters. The van der Waals surface area contributed by atoms with Gasteiger partial charge in [-0.2, -0.15) is 0 Å². The van der Waals surface area contributed by atoms with Crippen molar-refractivity contribution in [1.82, 2.24) is 24.8 Å². The maximum atomic E-state index is 15.0. The van der Waals surface area contributed by atoms with E-state index in [1.165, 1.54) is 11.6 Å². The lowest BCUT2D eigenvalue weighted by Crippen LogP contribution is -2.38. The second-order valence-electron chi connectivity index (χ2n) is 10.4. The van der Waals surface area contributed by atoms with Gasteiger partial charge in [-0.3, -0.25) is 0 Å². The molecule has 0 spiro atoms. The minimum absolute atomic E-state index is 0.00624. The van der Waals surface area contributed by atoms with Crippen LogP contribution < -0.4 is 15.0 Å². The number of halogens is 2. The lowest BCUT2D eigenvalue weighted by Gasteiger charge is -2.34. The maximum absolute atomic E-state index is 15.0. The van der Waals surface area contributed by atoms with Gasteiger partial charge in [0.2, 0.25) is 5.95 Å². The van der Waals surface area contributed by atoms with Crippen molar-refractivity contribution in [2.24, 2.45) is 0 Å². The molecule has 1 fully saturated rings. The highest BCUT2D eigenvalue weighted by Crippen LogP contribution is 2.40. The van der Waals surface area contributed by atoms with Crippen LogP contribution in [0.25, 0.3) is 22.2 Å². The third-order valence-electron chi connectivity index (χ3n) is 7.57. The van der Waals surface area contributed by atoms with Crippen molar-refractivity contribution in [3.63, 3.8) is 0 Å². The molecular weight excluding hydrogens is 488 g/mol. The highest BCUT2D eigenvalue weighted by Gasteiger charge is 2.26. The SMILES string of the molecule is CC(C)N1CCOc2c(F)cc(-c3nc(Nc4ncc(C5CCN(C)CC5)c5[nH]ccc45)ncc3F)cc21. The van der Waals surface area contributed by atoms with E-state index in [0.717, 1.165) is 43.0 Å². The molecule has 0 radical (unpaired) electrons. The van der Waals surface area contributed by atoms with E-state index in [9.17, 15) is 4.39 Å². The monoisotopic (exact) mass is 519 g/mol. The van der Waals surface area contributed by atoms with Gasteiger partial charge in [0.25, 0.3) is 0 Å². The summed E-state index contributed by atoms with van der Waals surface area (Å²) in [4.78, 5) is 21.0. The van der Waals surface area contributed by atoms with Crippen LogP contribution in [0.3, 0.4) is 0 Å². The first-order valence-electron chi connectivity index (χ1n) is 13.1. The fraction of sp³-hybridized carbons (Fsp3) is 0.393. The van der Waals surface area contributed by atoms with Gasteiger partial charge in [-0.1, -0.05) is 0 Å². The highest BCUT2D eigenvalue weighted by molar-refractivity contribution is 5.93. The summed E-state index contributed by atoms with van der Waals surface area (Å²) in [5.41, 5.74) is 3.15. The molecule has 4 aromatic rings. The molecule has 2 aliphatic rings. The number of anilines is 3. The van der Waals surface area contributed by atoms with Gasteiger partial charge in [0, 0.05) is 29.4 Å². The zero-order valence-corrected chi connectivity index (χ0v) is 21.8. The van der Waals surface area contributed by atoms with Crippen molar-refractivity contribution in [3.05, 3.63) is 54.0 Å². The zero-order valence-electron chi connectivity index (χ0n) is 21.8. The van der Waals surface area contributed by atoms with Crippen LogP contribution in [0.2, 0.25) is 0 Å². The van der Waals surface area contributed by atoms with E-state index < -0.39 is 11.6 Å². The predicted molar refractivity (Wildman–Crippen MR) is 144 cm³/mol. The molecule has 3 aromatic heterocycles. The van der Waals surface area contributed by atoms with E-state index in [0.29, 0.717) is 36.1 Å². The Kier molecular flexibility index (Phi) is 6.35. The summed E-state index contributed by atoms with van der Waals surface area (Å²) in [6.45, 7) is 7.19. The first kappa shape index (κ1) is 24.5. The number of likely N-dealkylation sites (tertiary alicyclic amines) is 1. The fourth-order valence-corrected chi connectivity index (χ4v) is 5.51. The Morgan fingerprint density at radius 3 is 2.68 bits per heavy atom. The van der Waals surface area contributed by atoms with Gasteiger partial charge in [-0.25, -0.2) is 23.7 Å². The van der Waals surface area contributed by atoms with Crippen LogP contribution in [0.5, 0.6) is 5.75 Å². The van der Waals surface area contributed by atoms with Gasteiger partial charge in [0.1, 0.15) is 18.1 Å². The zero-order chi connectivity index (χ0) is 26.4. The topological polar surface area (TPSA) is 82.2 Å². The number of pyridine rings is 1. The van der Waals surface area contributed by atoms with Crippen LogP contribution in [-0.4, -0.2) is 64.2 Å². The summed E-state index contributed by atoms with van der Waals surface area (Å²) in [6, 6.07) is 5.09. The maximum Gasteiger partial charge on any atom is 0.229 e. The number of hydrogen-bond acceptors (Lipinski definition) is 7. The van der Waals surface area contributed by atoms with Crippen molar-refractivity contribution in [3.8, 4) is 17.0 Å². The fourth-order valence-electron chi connectivity index (χ4n) is 5.51. The summed E-state index contributed by atoms with van der Waals surface area (Å²) in [5.74, 6) is 0.196. The molecule has 0 unspecified atom stereocenters. The number of nitrogens with one attached hydrogen (secondary N) is 2. The molecule has 198 valence electrons. The molecule has 0 bridgehead atoms.